The fourth-order valence-electron chi connectivity index (χ4n) is 3.81. The summed E-state index contributed by atoms with van der Waals surface area (Å²) in [6, 6.07) is 2.91. The van der Waals surface area contributed by atoms with E-state index in [1.54, 1.807) is 6.07 Å². The highest BCUT2D eigenvalue weighted by Crippen LogP contribution is 2.41. The third kappa shape index (κ3) is 3.75. The van der Waals surface area contributed by atoms with Crippen molar-refractivity contribution < 1.29 is 18.7 Å². The van der Waals surface area contributed by atoms with Gasteiger partial charge in [-0.2, -0.15) is 0 Å². The first-order valence-electron chi connectivity index (χ1n) is 8.73. The molecule has 1 saturated carbocycles. The molecule has 1 aliphatic heterocycles. The van der Waals surface area contributed by atoms with Crippen LogP contribution in [0.5, 0.6) is 0 Å². The SMILES string of the molecule is CCOC[C@H]1CCC[C@@]12CN(C(=O)Cc1ccc(F)cn1)CCO2. The number of nitrogens with zero attached hydrogens (tertiary/aromatic N) is 2. The molecule has 1 aromatic rings. The van der Waals surface area contributed by atoms with Gasteiger partial charge in [-0.1, -0.05) is 6.42 Å². The molecule has 1 amide bonds. The highest BCUT2D eigenvalue weighted by molar-refractivity contribution is 5.78. The monoisotopic (exact) mass is 336 g/mol. The lowest BCUT2D eigenvalue weighted by Crippen LogP contribution is -2.56. The van der Waals surface area contributed by atoms with Crippen LogP contribution in [-0.2, 0) is 20.7 Å². The summed E-state index contributed by atoms with van der Waals surface area (Å²) in [7, 11) is 0. The summed E-state index contributed by atoms with van der Waals surface area (Å²) in [5.41, 5.74) is 0.332. The van der Waals surface area contributed by atoms with E-state index in [0.29, 0.717) is 44.5 Å². The van der Waals surface area contributed by atoms with Crippen LogP contribution in [0.25, 0.3) is 0 Å². The number of carbonyl (C=O) groups is 1. The van der Waals surface area contributed by atoms with E-state index in [1.807, 2.05) is 11.8 Å². The predicted octanol–water partition coefficient (Wildman–Crippen LogP) is 2.20. The van der Waals surface area contributed by atoms with Gasteiger partial charge in [-0.3, -0.25) is 9.78 Å². The van der Waals surface area contributed by atoms with Crippen LogP contribution in [0.1, 0.15) is 31.9 Å². The fourth-order valence-corrected chi connectivity index (χ4v) is 3.81. The molecule has 2 atom stereocenters. The molecule has 0 bridgehead atoms. The van der Waals surface area contributed by atoms with Gasteiger partial charge in [-0.25, -0.2) is 4.39 Å². The van der Waals surface area contributed by atoms with E-state index in [1.165, 1.54) is 6.07 Å². The molecule has 6 heteroatoms. The van der Waals surface area contributed by atoms with Gasteiger partial charge in [0.15, 0.2) is 0 Å². The maximum atomic E-state index is 12.9. The number of ether oxygens (including phenoxy) is 2. The average Bonchev–Trinajstić information content (AvgIpc) is 2.96. The molecule has 0 radical (unpaired) electrons. The average molecular weight is 336 g/mol. The van der Waals surface area contributed by atoms with E-state index >= 15 is 0 Å². The highest BCUT2D eigenvalue weighted by Gasteiger charge is 2.47. The molecule has 1 aliphatic carbocycles. The van der Waals surface area contributed by atoms with Crippen LogP contribution in [-0.4, -0.2) is 54.3 Å². The third-order valence-corrected chi connectivity index (χ3v) is 5.10. The molecule has 2 aliphatic rings. The molecule has 0 N–H and O–H groups in total. The molecule has 1 spiro atoms. The van der Waals surface area contributed by atoms with Crippen LogP contribution in [0.4, 0.5) is 4.39 Å². The molecule has 0 unspecified atom stereocenters. The second kappa shape index (κ2) is 7.57. The minimum Gasteiger partial charge on any atom is -0.381 e. The summed E-state index contributed by atoms with van der Waals surface area (Å²) < 4.78 is 24.7. The predicted molar refractivity (Wildman–Crippen MR) is 87.0 cm³/mol. The number of carbonyl (C=O) groups excluding carboxylic acids is 1. The van der Waals surface area contributed by atoms with Crippen molar-refractivity contribution in [3.8, 4) is 0 Å². The Morgan fingerprint density at radius 1 is 1.54 bits per heavy atom. The van der Waals surface area contributed by atoms with Gasteiger partial charge in [-0.05, 0) is 31.9 Å². The normalized spacial score (nSPS) is 26.9. The van der Waals surface area contributed by atoms with Crippen molar-refractivity contribution in [2.24, 2.45) is 5.92 Å². The van der Waals surface area contributed by atoms with Crippen molar-refractivity contribution in [1.82, 2.24) is 9.88 Å². The Labute approximate surface area is 142 Å². The molecule has 2 fully saturated rings. The maximum Gasteiger partial charge on any atom is 0.228 e. The molecular weight excluding hydrogens is 311 g/mol. The molecule has 3 rings (SSSR count). The van der Waals surface area contributed by atoms with Crippen molar-refractivity contribution in [1.29, 1.82) is 0 Å². The van der Waals surface area contributed by atoms with E-state index < -0.39 is 0 Å². The second-order valence-electron chi connectivity index (χ2n) is 6.62. The Bertz CT molecular complexity index is 566. The highest BCUT2D eigenvalue weighted by atomic mass is 19.1. The van der Waals surface area contributed by atoms with E-state index in [-0.39, 0.29) is 23.7 Å². The van der Waals surface area contributed by atoms with Gasteiger partial charge in [0.05, 0.1) is 38.0 Å². The molecule has 2 heterocycles. The Hall–Kier alpha value is -1.53. The maximum absolute atomic E-state index is 12.9. The largest absolute Gasteiger partial charge is 0.381 e. The van der Waals surface area contributed by atoms with Gasteiger partial charge in [0.2, 0.25) is 5.91 Å². The summed E-state index contributed by atoms with van der Waals surface area (Å²) in [6.07, 6.45) is 4.52. The number of hydrogen-bond acceptors (Lipinski definition) is 4. The van der Waals surface area contributed by atoms with Crippen molar-refractivity contribution >= 4 is 5.91 Å². The molecule has 5 nitrogen and oxygen atoms in total. The Balaban J connectivity index is 1.64. The summed E-state index contributed by atoms with van der Waals surface area (Å²) >= 11 is 0. The fraction of sp³-hybridized carbons (Fsp3) is 0.667. The summed E-state index contributed by atoms with van der Waals surface area (Å²) in [6.45, 7) is 5.16. The van der Waals surface area contributed by atoms with Gasteiger partial charge in [0, 0.05) is 24.8 Å². The van der Waals surface area contributed by atoms with Gasteiger partial charge in [-0.15, -0.1) is 0 Å². The molecular formula is C18H25FN2O3. The van der Waals surface area contributed by atoms with E-state index in [2.05, 4.69) is 4.98 Å². The number of rotatable bonds is 5. The van der Waals surface area contributed by atoms with E-state index in [4.69, 9.17) is 9.47 Å². The number of morpholine rings is 1. The first-order chi connectivity index (χ1) is 11.6. The summed E-state index contributed by atoms with van der Waals surface area (Å²) in [5.74, 6) is -0.0166. The van der Waals surface area contributed by atoms with Crippen LogP contribution >= 0.6 is 0 Å². The number of aromatic nitrogens is 1. The Morgan fingerprint density at radius 2 is 2.42 bits per heavy atom. The summed E-state index contributed by atoms with van der Waals surface area (Å²) in [4.78, 5) is 18.5. The molecule has 132 valence electrons. The van der Waals surface area contributed by atoms with Crippen molar-refractivity contribution in [3.05, 3.63) is 29.8 Å². The standard InChI is InChI=1S/C18H25FN2O3/c1-2-23-12-14-4-3-7-18(14)13-21(8-9-24-18)17(22)10-16-6-5-15(19)11-20-16/h5-6,11,14H,2-4,7-10,12-13H2,1H3/t14-,18-/m1/s1. The number of halogens is 1. The Kier molecular flexibility index (Phi) is 5.46. The quantitative estimate of drug-likeness (QED) is 0.827. The Morgan fingerprint density at radius 3 is 3.17 bits per heavy atom. The van der Waals surface area contributed by atoms with Crippen molar-refractivity contribution in [2.75, 3.05) is 32.9 Å². The van der Waals surface area contributed by atoms with Gasteiger partial charge >= 0.3 is 0 Å². The van der Waals surface area contributed by atoms with Crippen LogP contribution < -0.4 is 0 Å². The van der Waals surface area contributed by atoms with E-state index in [0.717, 1.165) is 25.5 Å². The molecule has 24 heavy (non-hydrogen) atoms. The smallest absolute Gasteiger partial charge is 0.228 e. The molecule has 0 aromatic carbocycles. The third-order valence-electron chi connectivity index (χ3n) is 5.10. The van der Waals surface area contributed by atoms with Gasteiger partial charge in [0.25, 0.3) is 0 Å². The van der Waals surface area contributed by atoms with Crippen LogP contribution in [0.15, 0.2) is 18.3 Å². The minimum atomic E-state index is -0.388. The lowest BCUT2D eigenvalue weighted by molar-refractivity contribution is -0.161. The zero-order chi connectivity index (χ0) is 17.0. The van der Waals surface area contributed by atoms with Gasteiger partial charge in [0.1, 0.15) is 5.82 Å². The van der Waals surface area contributed by atoms with Crippen LogP contribution in [0, 0.1) is 11.7 Å². The zero-order valence-corrected chi connectivity index (χ0v) is 14.2. The first kappa shape index (κ1) is 17.3. The van der Waals surface area contributed by atoms with Crippen LogP contribution in [0.2, 0.25) is 0 Å². The number of amides is 1. The van der Waals surface area contributed by atoms with Crippen molar-refractivity contribution in [3.63, 3.8) is 0 Å². The minimum absolute atomic E-state index is 0.0267. The van der Waals surface area contributed by atoms with Crippen molar-refractivity contribution in [2.45, 2.75) is 38.2 Å². The molecule has 1 aromatic heterocycles. The lowest BCUT2D eigenvalue weighted by atomic mass is 9.89. The van der Waals surface area contributed by atoms with Crippen LogP contribution in [0.3, 0.4) is 0 Å². The zero-order valence-electron chi connectivity index (χ0n) is 14.2. The second-order valence-corrected chi connectivity index (χ2v) is 6.62. The van der Waals surface area contributed by atoms with Gasteiger partial charge < -0.3 is 14.4 Å². The topological polar surface area (TPSA) is 51.7 Å². The van der Waals surface area contributed by atoms with E-state index in [9.17, 15) is 9.18 Å². The molecule has 1 saturated heterocycles. The summed E-state index contributed by atoms with van der Waals surface area (Å²) in [5, 5.41) is 0. The first-order valence-corrected chi connectivity index (χ1v) is 8.73. The number of pyridine rings is 1. The number of hydrogen-bond donors (Lipinski definition) is 0. The lowest BCUT2D eigenvalue weighted by Gasteiger charge is -2.44.